The van der Waals surface area contributed by atoms with Crippen LogP contribution in [0, 0.1) is 18.8 Å². The predicted octanol–water partition coefficient (Wildman–Crippen LogP) is 3.96. The first-order chi connectivity index (χ1) is 14.0. The Morgan fingerprint density at radius 1 is 1.17 bits per heavy atom. The molecule has 0 unspecified atom stereocenters. The first kappa shape index (κ1) is 19.9. The Kier molecular flexibility index (Phi) is 5.83. The monoisotopic (exact) mass is 396 g/mol. The van der Waals surface area contributed by atoms with E-state index < -0.39 is 0 Å². The molecule has 1 saturated heterocycles. The fourth-order valence-electron chi connectivity index (χ4n) is 3.98. The van der Waals surface area contributed by atoms with Crippen LogP contribution >= 0.6 is 0 Å². The molecule has 0 aromatic carbocycles. The van der Waals surface area contributed by atoms with E-state index >= 15 is 0 Å². The molecule has 2 N–H and O–H groups in total. The lowest BCUT2D eigenvalue weighted by Gasteiger charge is -2.32. The molecular formula is C22H32N6O. The standard InChI is InChI=1S/C22H32N6O/c1-14(2)10-21(29)28-8-6-16(7-9-28)12-18-13-19(24-20-11-15(3)26-27-20)25-22(23-18)17-4-5-17/h11,13-14,16-17H,4-10,12H2,1-3H3,(H2,23,24,25,26,27). The summed E-state index contributed by atoms with van der Waals surface area (Å²) in [6, 6.07) is 4.04. The molecule has 0 spiro atoms. The zero-order chi connectivity index (χ0) is 20.4. The van der Waals surface area contributed by atoms with Crippen molar-refractivity contribution in [2.75, 3.05) is 18.4 Å². The molecule has 2 aliphatic rings. The highest BCUT2D eigenvalue weighted by molar-refractivity contribution is 5.76. The van der Waals surface area contributed by atoms with Crippen molar-refractivity contribution in [3.63, 3.8) is 0 Å². The highest BCUT2D eigenvalue weighted by Gasteiger charge is 2.28. The Labute approximate surface area is 172 Å². The number of aromatic nitrogens is 4. The molecular weight excluding hydrogens is 364 g/mol. The van der Waals surface area contributed by atoms with Crippen LogP contribution in [0.1, 0.15) is 69.1 Å². The summed E-state index contributed by atoms with van der Waals surface area (Å²) in [5.41, 5.74) is 2.12. The normalized spacial score (nSPS) is 17.7. The van der Waals surface area contributed by atoms with Gasteiger partial charge in [0.2, 0.25) is 5.91 Å². The van der Waals surface area contributed by atoms with E-state index in [-0.39, 0.29) is 0 Å². The fraction of sp³-hybridized carbons (Fsp3) is 0.636. The Hall–Kier alpha value is -2.44. The molecule has 1 aliphatic heterocycles. The molecule has 2 fully saturated rings. The minimum Gasteiger partial charge on any atom is -0.343 e. The Morgan fingerprint density at radius 2 is 1.93 bits per heavy atom. The van der Waals surface area contributed by atoms with Crippen LogP contribution in [-0.2, 0) is 11.2 Å². The molecule has 2 aromatic heterocycles. The largest absolute Gasteiger partial charge is 0.343 e. The Morgan fingerprint density at radius 3 is 2.55 bits per heavy atom. The fourth-order valence-corrected chi connectivity index (χ4v) is 3.98. The second-order valence-corrected chi connectivity index (χ2v) is 9.06. The molecule has 1 saturated carbocycles. The molecule has 1 aliphatic carbocycles. The summed E-state index contributed by atoms with van der Waals surface area (Å²) in [5.74, 6) is 4.37. The number of carbonyl (C=O) groups excluding carboxylic acids is 1. The van der Waals surface area contributed by atoms with Crippen molar-refractivity contribution in [3.8, 4) is 0 Å². The quantitative estimate of drug-likeness (QED) is 0.740. The third-order valence-corrected chi connectivity index (χ3v) is 5.75. The van der Waals surface area contributed by atoms with Gasteiger partial charge >= 0.3 is 0 Å². The zero-order valence-corrected chi connectivity index (χ0v) is 17.7. The van der Waals surface area contributed by atoms with E-state index in [1.807, 2.05) is 17.9 Å². The number of H-pyrrole nitrogens is 1. The maximum atomic E-state index is 12.3. The van der Waals surface area contributed by atoms with Gasteiger partial charge < -0.3 is 10.2 Å². The lowest BCUT2D eigenvalue weighted by atomic mass is 9.91. The average molecular weight is 397 g/mol. The number of likely N-dealkylation sites (tertiary alicyclic amines) is 1. The molecule has 0 bridgehead atoms. The summed E-state index contributed by atoms with van der Waals surface area (Å²) in [5, 5.41) is 10.5. The second kappa shape index (κ2) is 8.51. The van der Waals surface area contributed by atoms with Crippen molar-refractivity contribution in [2.24, 2.45) is 11.8 Å². The van der Waals surface area contributed by atoms with E-state index in [1.165, 1.54) is 12.8 Å². The summed E-state index contributed by atoms with van der Waals surface area (Å²) >= 11 is 0. The molecule has 3 heterocycles. The van der Waals surface area contributed by atoms with E-state index in [1.54, 1.807) is 0 Å². The third kappa shape index (κ3) is 5.34. The molecule has 7 nitrogen and oxygen atoms in total. The van der Waals surface area contributed by atoms with Crippen LogP contribution in [0.25, 0.3) is 0 Å². The van der Waals surface area contributed by atoms with Gasteiger partial charge in [-0.15, -0.1) is 0 Å². The third-order valence-electron chi connectivity index (χ3n) is 5.75. The first-order valence-corrected chi connectivity index (χ1v) is 10.9. The van der Waals surface area contributed by atoms with Gasteiger partial charge in [0.1, 0.15) is 11.6 Å². The maximum absolute atomic E-state index is 12.3. The van der Waals surface area contributed by atoms with Gasteiger partial charge in [-0.2, -0.15) is 5.10 Å². The van der Waals surface area contributed by atoms with E-state index in [2.05, 4.69) is 35.4 Å². The van der Waals surface area contributed by atoms with E-state index in [0.717, 1.165) is 61.2 Å². The summed E-state index contributed by atoms with van der Waals surface area (Å²) in [4.78, 5) is 23.9. The summed E-state index contributed by atoms with van der Waals surface area (Å²) in [7, 11) is 0. The number of hydrogen-bond donors (Lipinski definition) is 2. The predicted molar refractivity (Wildman–Crippen MR) is 113 cm³/mol. The van der Waals surface area contributed by atoms with Crippen LogP contribution in [-0.4, -0.2) is 44.1 Å². The van der Waals surface area contributed by atoms with Gasteiger partial charge in [-0.3, -0.25) is 9.89 Å². The number of hydrogen-bond acceptors (Lipinski definition) is 5. The highest BCUT2D eigenvalue weighted by Crippen LogP contribution is 2.39. The number of aryl methyl sites for hydroxylation is 1. The number of nitrogens with zero attached hydrogens (tertiary/aromatic N) is 4. The molecule has 29 heavy (non-hydrogen) atoms. The molecule has 0 radical (unpaired) electrons. The number of rotatable bonds is 7. The smallest absolute Gasteiger partial charge is 0.222 e. The van der Waals surface area contributed by atoms with Crippen molar-refractivity contribution in [1.29, 1.82) is 0 Å². The van der Waals surface area contributed by atoms with Gasteiger partial charge in [0, 0.05) is 48.9 Å². The van der Waals surface area contributed by atoms with Crippen LogP contribution in [0.15, 0.2) is 12.1 Å². The van der Waals surface area contributed by atoms with E-state index in [9.17, 15) is 4.79 Å². The molecule has 0 atom stereocenters. The van der Waals surface area contributed by atoms with Crippen LogP contribution in [0.2, 0.25) is 0 Å². The molecule has 4 rings (SSSR count). The maximum Gasteiger partial charge on any atom is 0.222 e. The molecule has 2 aromatic rings. The first-order valence-electron chi connectivity index (χ1n) is 10.9. The van der Waals surface area contributed by atoms with Crippen molar-refractivity contribution in [3.05, 3.63) is 29.3 Å². The van der Waals surface area contributed by atoms with E-state index in [0.29, 0.717) is 30.1 Å². The average Bonchev–Trinajstić information content (AvgIpc) is 3.45. The second-order valence-electron chi connectivity index (χ2n) is 9.06. The zero-order valence-electron chi connectivity index (χ0n) is 17.7. The topological polar surface area (TPSA) is 86.8 Å². The van der Waals surface area contributed by atoms with Crippen molar-refractivity contribution in [1.82, 2.24) is 25.1 Å². The van der Waals surface area contributed by atoms with Gasteiger partial charge in [-0.1, -0.05) is 13.8 Å². The van der Waals surface area contributed by atoms with Crippen LogP contribution in [0.5, 0.6) is 0 Å². The lowest BCUT2D eigenvalue weighted by Crippen LogP contribution is -2.39. The van der Waals surface area contributed by atoms with Crippen molar-refractivity contribution < 1.29 is 4.79 Å². The van der Waals surface area contributed by atoms with E-state index in [4.69, 9.17) is 9.97 Å². The number of amides is 1. The van der Waals surface area contributed by atoms with Crippen LogP contribution in [0.3, 0.4) is 0 Å². The highest BCUT2D eigenvalue weighted by atomic mass is 16.2. The molecule has 7 heteroatoms. The van der Waals surface area contributed by atoms with Gasteiger partial charge in [0.05, 0.1) is 0 Å². The van der Waals surface area contributed by atoms with Gasteiger partial charge in [-0.05, 0) is 50.9 Å². The van der Waals surface area contributed by atoms with Gasteiger partial charge in [0.25, 0.3) is 0 Å². The molecule has 156 valence electrons. The number of piperidine rings is 1. The number of carbonyl (C=O) groups is 1. The molecule has 1 amide bonds. The summed E-state index contributed by atoms with van der Waals surface area (Å²) in [6.07, 6.45) is 6.06. The number of aromatic amines is 1. The van der Waals surface area contributed by atoms with Gasteiger partial charge in [0.15, 0.2) is 5.82 Å². The Bertz CT molecular complexity index is 849. The summed E-state index contributed by atoms with van der Waals surface area (Å²) < 4.78 is 0. The number of anilines is 2. The SMILES string of the molecule is Cc1cc(Nc2cc(CC3CCN(C(=O)CC(C)C)CC3)nc(C3CC3)n2)n[nH]1. The van der Waals surface area contributed by atoms with Crippen LogP contribution in [0.4, 0.5) is 11.6 Å². The minimum atomic E-state index is 0.303. The lowest BCUT2D eigenvalue weighted by molar-refractivity contribution is -0.133. The van der Waals surface area contributed by atoms with Crippen molar-refractivity contribution in [2.45, 2.75) is 65.2 Å². The Balaban J connectivity index is 1.40. The summed E-state index contributed by atoms with van der Waals surface area (Å²) in [6.45, 7) is 7.93. The minimum absolute atomic E-state index is 0.303. The van der Waals surface area contributed by atoms with Crippen LogP contribution < -0.4 is 5.32 Å². The van der Waals surface area contributed by atoms with Gasteiger partial charge in [-0.25, -0.2) is 9.97 Å². The number of nitrogens with one attached hydrogen (secondary N) is 2. The van der Waals surface area contributed by atoms with Crippen molar-refractivity contribution >= 4 is 17.5 Å².